The van der Waals surface area contributed by atoms with Gasteiger partial charge in [0.15, 0.2) is 5.82 Å². The van der Waals surface area contributed by atoms with E-state index in [4.69, 9.17) is 17.3 Å². The standard InChI is InChI=1S/C21H22N8/c22-19-9-18(20(23)21(27-19)28-24)8-15-10-26-29(13-15)12-14-3-1-4-16(7-14)17-5-2-6-25-11-17/h1-7,9-11,13H,8,12,23-24H2,(H3,22,27,28). The number of nitrogens with two attached hydrogens (primary N) is 3. The number of aromatic nitrogens is 4. The SMILES string of the molecule is NNc1nc(N)cc(Cc2cnn(Cc3cccc(-c4cccnc4)c3)c2)c1N. The molecule has 146 valence electrons. The second kappa shape index (κ2) is 7.99. The van der Waals surface area contributed by atoms with E-state index in [9.17, 15) is 0 Å². The monoisotopic (exact) mass is 386 g/mol. The van der Waals surface area contributed by atoms with E-state index in [1.165, 1.54) is 0 Å². The van der Waals surface area contributed by atoms with Crippen molar-refractivity contribution in [3.8, 4) is 11.1 Å². The maximum atomic E-state index is 6.12. The first kappa shape index (κ1) is 18.5. The molecule has 0 fully saturated rings. The lowest BCUT2D eigenvalue weighted by Gasteiger charge is -2.10. The molecular formula is C21H22N8. The summed E-state index contributed by atoms with van der Waals surface area (Å²) in [5, 5.41) is 4.48. The third-order valence-corrected chi connectivity index (χ3v) is 4.65. The van der Waals surface area contributed by atoms with Crippen molar-refractivity contribution < 1.29 is 0 Å². The number of pyridine rings is 2. The summed E-state index contributed by atoms with van der Waals surface area (Å²) in [6.07, 6.45) is 8.05. The van der Waals surface area contributed by atoms with Gasteiger partial charge in [-0.25, -0.2) is 10.8 Å². The Balaban J connectivity index is 1.52. The average Bonchev–Trinajstić information content (AvgIpc) is 3.18. The highest BCUT2D eigenvalue weighted by Gasteiger charge is 2.10. The summed E-state index contributed by atoms with van der Waals surface area (Å²) in [7, 11) is 0. The van der Waals surface area contributed by atoms with Crippen molar-refractivity contribution in [3.63, 3.8) is 0 Å². The number of nitrogen functional groups attached to an aromatic ring is 3. The van der Waals surface area contributed by atoms with Crippen molar-refractivity contribution in [3.05, 3.63) is 83.9 Å². The number of hydrogen-bond donors (Lipinski definition) is 4. The summed E-state index contributed by atoms with van der Waals surface area (Å²) >= 11 is 0. The fraction of sp³-hybridized carbons (Fsp3) is 0.0952. The van der Waals surface area contributed by atoms with Crippen molar-refractivity contribution in [2.24, 2.45) is 5.84 Å². The quantitative estimate of drug-likeness (QED) is 0.295. The Kier molecular flexibility index (Phi) is 5.08. The molecule has 0 spiro atoms. The molecule has 8 nitrogen and oxygen atoms in total. The van der Waals surface area contributed by atoms with Crippen LogP contribution in [0.15, 0.2) is 67.3 Å². The van der Waals surface area contributed by atoms with E-state index in [0.717, 1.165) is 27.8 Å². The van der Waals surface area contributed by atoms with E-state index >= 15 is 0 Å². The van der Waals surface area contributed by atoms with Crippen LogP contribution in [0.4, 0.5) is 17.3 Å². The first-order valence-electron chi connectivity index (χ1n) is 9.14. The Hall–Kier alpha value is -3.91. The minimum atomic E-state index is 0.363. The number of rotatable bonds is 6. The van der Waals surface area contributed by atoms with Crippen molar-refractivity contribution in [1.82, 2.24) is 19.7 Å². The van der Waals surface area contributed by atoms with Crippen LogP contribution in [-0.2, 0) is 13.0 Å². The lowest BCUT2D eigenvalue weighted by Crippen LogP contribution is -2.13. The summed E-state index contributed by atoms with van der Waals surface area (Å²) in [4.78, 5) is 8.27. The fourth-order valence-corrected chi connectivity index (χ4v) is 3.26. The topological polar surface area (TPSA) is 134 Å². The third kappa shape index (κ3) is 4.17. The summed E-state index contributed by atoms with van der Waals surface area (Å²) < 4.78 is 1.90. The van der Waals surface area contributed by atoms with Crippen LogP contribution in [0.3, 0.4) is 0 Å². The highest BCUT2D eigenvalue weighted by Crippen LogP contribution is 2.25. The molecule has 1 aromatic carbocycles. The van der Waals surface area contributed by atoms with Gasteiger partial charge in [-0.1, -0.05) is 24.3 Å². The molecule has 0 unspecified atom stereocenters. The molecular weight excluding hydrogens is 364 g/mol. The van der Waals surface area contributed by atoms with Crippen LogP contribution in [0.1, 0.15) is 16.7 Å². The molecule has 0 atom stereocenters. The number of hydrogen-bond acceptors (Lipinski definition) is 7. The zero-order chi connectivity index (χ0) is 20.2. The zero-order valence-electron chi connectivity index (χ0n) is 15.8. The predicted molar refractivity (Wildman–Crippen MR) is 115 cm³/mol. The van der Waals surface area contributed by atoms with Gasteiger partial charge in [0.1, 0.15) is 5.82 Å². The van der Waals surface area contributed by atoms with Crippen LogP contribution >= 0.6 is 0 Å². The van der Waals surface area contributed by atoms with E-state index in [1.54, 1.807) is 12.3 Å². The number of benzene rings is 1. The molecule has 4 aromatic rings. The highest BCUT2D eigenvalue weighted by molar-refractivity contribution is 5.68. The normalized spacial score (nSPS) is 10.8. The number of anilines is 3. The Labute approximate surface area is 168 Å². The van der Waals surface area contributed by atoms with Crippen LogP contribution in [0.25, 0.3) is 11.1 Å². The van der Waals surface area contributed by atoms with E-state index in [0.29, 0.717) is 30.3 Å². The molecule has 0 aliphatic rings. The molecule has 0 saturated carbocycles. The van der Waals surface area contributed by atoms with Crippen LogP contribution in [0, 0.1) is 0 Å². The van der Waals surface area contributed by atoms with Gasteiger partial charge in [-0.2, -0.15) is 5.10 Å². The molecule has 0 bridgehead atoms. The lowest BCUT2D eigenvalue weighted by molar-refractivity contribution is 0.686. The van der Waals surface area contributed by atoms with Gasteiger partial charge in [-0.05, 0) is 46.0 Å². The van der Waals surface area contributed by atoms with Crippen molar-refractivity contribution in [2.45, 2.75) is 13.0 Å². The molecule has 0 radical (unpaired) electrons. The van der Waals surface area contributed by atoms with Crippen LogP contribution in [-0.4, -0.2) is 19.7 Å². The minimum Gasteiger partial charge on any atom is -0.395 e. The van der Waals surface area contributed by atoms with Gasteiger partial charge in [0, 0.05) is 25.0 Å². The number of nitrogens with one attached hydrogen (secondary N) is 1. The van der Waals surface area contributed by atoms with Gasteiger partial charge < -0.3 is 16.9 Å². The maximum absolute atomic E-state index is 6.12. The summed E-state index contributed by atoms with van der Waals surface area (Å²) in [5.74, 6) is 6.20. The van der Waals surface area contributed by atoms with Gasteiger partial charge >= 0.3 is 0 Å². The molecule has 0 aliphatic carbocycles. The maximum Gasteiger partial charge on any atom is 0.165 e. The zero-order valence-corrected chi connectivity index (χ0v) is 15.8. The Morgan fingerprint density at radius 3 is 2.62 bits per heavy atom. The van der Waals surface area contributed by atoms with Gasteiger partial charge in [-0.15, -0.1) is 0 Å². The molecule has 7 N–H and O–H groups in total. The van der Waals surface area contributed by atoms with Gasteiger partial charge in [-0.3, -0.25) is 9.67 Å². The Morgan fingerprint density at radius 2 is 1.83 bits per heavy atom. The van der Waals surface area contributed by atoms with Crippen LogP contribution in [0.2, 0.25) is 0 Å². The molecule has 0 aliphatic heterocycles. The first-order chi connectivity index (χ1) is 14.1. The summed E-state index contributed by atoms with van der Waals surface area (Å²) in [6.45, 7) is 0.664. The lowest BCUT2D eigenvalue weighted by atomic mass is 10.0. The molecule has 3 heterocycles. The van der Waals surface area contributed by atoms with Crippen LogP contribution in [0.5, 0.6) is 0 Å². The van der Waals surface area contributed by atoms with Gasteiger partial charge in [0.2, 0.25) is 0 Å². The van der Waals surface area contributed by atoms with Crippen LogP contribution < -0.4 is 22.7 Å². The largest absolute Gasteiger partial charge is 0.395 e. The third-order valence-electron chi connectivity index (χ3n) is 4.65. The Morgan fingerprint density at radius 1 is 0.966 bits per heavy atom. The van der Waals surface area contributed by atoms with E-state index in [-0.39, 0.29) is 0 Å². The van der Waals surface area contributed by atoms with Crippen molar-refractivity contribution >= 4 is 17.3 Å². The second-order valence-electron chi connectivity index (χ2n) is 6.78. The Bertz CT molecular complexity index is 1120. The average molecular weight is 386 g/mol. The summed E-state index contributed by atoms with van der Waals surface area (Å²) in [6, 6.07) is 14.1. The van der Waals surface area contributed by atoms with Gasteiger partial charge in [0.25, 0.3) is 0 Å². The second-order valence-corrected chi connectivity index (χ2v) is 6.78. The van der Waals surface area contributed by atoms with Crippen molar-refractivity contribution in [1.29, 1.82) is 0 Å². The molecule has 0 saturated heterocycles. The minimum absolute atomic E-state index is 0.363. The molecule has 29 heavy (non-hydrogen) atoms. The van der Waals surface area contributed by atoms with E-state index in [2.05, 4.69) is 38.7 Å². The summed E-state index contributed by atoms with van der Waals surface area (Å²) in [5.41, 5.74) is 20.2. The molecule has 0 amide bonds. The molecule has 8 heteroatoms. The smallest absolute Gasteiger partial charge is 0.165 e. The molecule has 3 aromatic heterocycles. The van der Waals surface area contributed by atoms with E-state index < -0.39 is 0 Å². The number of nitrogens with zero attached hydrogens (tertiary/aromatic N) is 4. The molecule has 4 rings (SSSR count). The van der Waals surface area contributed by atoms with Gasteiger partial charge in [0.05, 0.1) is 18.4 Å². The highest BCUT2D eigenvalue weighted by atomic mass is 15.3. The fourth-order valence-electron chi connectivity index (χ4n) is 3.26. The first-order valence-corrected chi connectivity index (χ1v) is 9.14. The van der Waals surface area contributed by atoms with Crippen molar-refractivity contribution in [2.75, 3.05) is 16.9 Å². The predicted octanol–water partition coefficient (Wildman–Crippen LogP) is 2.43. The number of hydrazine groups is 1. The van der Waals surface area contributed by atoms with E-state index in [1.807, 2.05) is 41.5 Å².